The van der Waals surface area contributed by atoms with Gasteiger partial charge in [-0.05, 0) is 12.5 Å². The second kappa shape index (κ2) is 5.36. The number of rotatable bonds is 3. The molecule has 0 aliphatic heterocycles. The fourth-order valence-electron chi connectivity index (χ4n) is 1.46. The van der Waals surface area contributed by atoms with E-state index in [1.165, 1.54) is 6.20 Å². The van der Waals surface area contributed by atoms with E-state index >= 15 is 0 Å². The Hall–Kier alpha value is -1.95. The zero-order valence-electron chi connectivity index (χ0n) is 9.95. The summed E-state index contributed by atoms with van der Waals surface area (Å²) in [5.41, 5.74) is 6.25. The lowest BCUT2D eigenvalue weighted by Crippen LogP contribution is -2.02. The van der Waals surface area contributed by atoms with Gasteiger partial charge in [0.1, 0.15) is 11.6 Å². The van der Waals surface area contributed by atoms with Crippen molar-refractivity contribution in [3.8, 4) is 11.6 Å². The molecule has 4 nitrogen and oxygen atoms in total. The molecule has 7 heteroatoms. The smallest absolute Gasteiger partial charge is 0.240 e. The highest BCUT2D eigenvalue weighted by Gasteiger charge is 2.14. The molecule has 1 aromatic carbocycles. The Balaban J connectivity index is 2.34. The van der Waals surface area contributed by atoms with Crippen LogP contribution in [-0.2, 0) is 6.42 Å². The number of anilines is 1. The van der Waals surface area contributed by atoms with Crippen LogP contribution in [0.1, 0.15) is 12.6 Å². The average molecular weight is 286 g/mol. The number of aryl methyl sites for hydroxylation is 1. The van der Waals surface area contributed by atoms with Gasteiger partial charge in [0.25, 0.3) is 0 Å². The minimum Gasteiger partial charge on any atom is -0.433 e. The van der Waals surface area contributed by atoms with Gasteiger partial charge >= 0.3 is 0 Å². The van der Waals surface area contributed by atoms with Gasteiger partial charge < -0.3 is 10.5 Å². The third-order valence-electron chi connectivity index (χ3n) is 2.36. The lowest BCUT2D eigenvalue weighted by Gasteiger charge is -2.09. The van der Waals surface area contributed by atoms with Crippen LogP contribution >= 0.6 is 11.6 Å². The van der Waals surface area contributed by atoms with Crippen molar-refractivity contribution >= 4 is 17.4 Å². The van der Waals surface area contributed by atoms with E-state index in [9.17, 15) is 8.78 Å². The molecule has 1 heterocycles. The van der Waals surface area contributed by atoms with Crippen LogP contribution in [0, 0.1) is 11.6 Å². The molecule has 0 amide bonds. The highest BCUT2D eigenvalue weighted by atomic mass is 35.5. The summed E-state index contributed by atoms with van der Waals surface area (Å²) in [4.78, 5) is 7.94. The average Bonchev–Trinajstić information content (AvgIpc) is 2.34. The zero-order chi connectivity index (χ0) is 14.0. The maximum atomic E-state index is 13.5. The fourth-order valence-corrected chi connectivity index (χ4v) is 1.70. The van der Waals surface area contributed by atoms with E-state index < -0.39 is 11.6 Å². The number of nitrogens with zero attached hydrogens (tertiary/aromatic N) is 2. The lowest BCUT2D eigenvalue weighted by molar-refractivity contribution is 0.422. The van der Waals surface area contributed by atoms with E-state index in [-0.39, 0.29) is 22.5 Å². The van der Waals surface area contributed by atoms with Gasteiger partial charge in [-0.2, -0.15) is 4.98 Å². The summed E-state index contributed by atoms with van der Waals surface area (Å²) in [5, 5.41) is -0.197. The van der Waals surface area contributed by atoms with E-state index in [4.69, 9.17) is 22.1 Å². The Morgan fingerprint density at radius 2 is 2.11 bits per heavy atom. The molecular weight excluding hydrogens is 276 g/mol. The predicted octanol–water partition coefficient (Wildman–Crippen LogP) is 3.35. The van der Waals surface area contributed by atoms with Crippen LogP contribution < -0.4 is 10.5 Å². The number of hydrogen-bond acceptors (Lipinski definition) is 4. The van der Waals surface area contributed by atoms with Gasteiger partial charge in [0, 0.05) is 6.07 Å². The van der Waals surface area contributed by atoms with Crippen molar-refractivity contribution in [1.82, 2.24) is 9.97 Å². The number of nitrogens with two attached hydrogens (primary N) is 1. The molecule has 2 rings (SSSR count). The van der Waals surface area contributed by atoms with Crippen LogP contribution in [0.25, 0.3) is 0 Å². The van der Waals surface area contributed by atoms with E-state index in [0.717, 1.165) is 6.07 Å². The molecule has 0 saturated heterocycles. The van der Waals surface area contributed by atoms with E-state index in [0.29, 0.717) is 18.2 Å². The molecule has 0 fully saturated rings. The molecule has 0 atom stereocenters. The highest BCUT2D eigenvalue weighted by Crippen LogP contribution is 2.32. The SMILES string of the molecule is CCc1ncc(Oc2c(F)cc(F)cc2Cl)nc1N. The predicted molar refractivity (Wildman–Crippen MR) is 67.3 cm³/mol. The standard InChI is InChI=1S/C12H10ClF2N3O/c1-2-9-12(16)18-10(5-17-9)19-11-7(13)3-6(14)4-8(11)15/h3-5H,2H2,1H3,(H2,16,18). The second-order valence-electron chi connectivity index (χ2n) is 3.69. The van der Waals surface area contributed by atoms with Gasteiger partial charge in [0.05, 0.1) is 16.9 Å². The normalized spacial score (nSPS) is 10.5. The number of nitrogen functional groups attached to an aromatic ring is 1. The van der Waals surface area contributed by atoms with Crippen molar-refractivity contribution in [2.75, 3.05) is 5.73 Å². The number of benzene rings is 1. The van der Waals surface area contributed by atoms with E-state index in [1.807, 2.05) is 6.92 Å². The third kappa shape index (κ3) is 2.90. The van der Waals surface area contributed by atoms with Crippen molar-refractivity contribution in [1.29, 1.82) is 0 Å². The summed E-state index contributed by atoms with van der Waals surface area (Å²) in [5.74, 6) is -1.85. The first-order valence-corrected chi connectivity index (χ1v) is 5.82. The monoisotopic (exact) mass is 285 g/mol. The van der Waals surface area contributed by atoms with Crippen molar-refractivity contribution in [3.63, 3.8) is 0 Å². The second-order valence-corrected chi connectivity index (χ2v) is 4.10. The van der Waals surface area contributed by atoms with Gasteiger partial charge in [-0.3, -0.25) is 4.98 Å². The fraction of sp³-hybridized carbons (Fsp3) is 0.167. The minimum atomic E-state index is -0.926. The summed E-state index contributed by atoms with van der Waals surface area (Å²) >= 11 is 5.70. The van der Waals surface area contributed by atoms with E-state index in [1.54, 1.807) is 0 Å². The first-order valence-electron chi connectivity index (χ1n) is 5.45. The summed E-state index contributed by atoms with van der Waals surface area (Å²) in [6.07, 6.45) is 1.92. The molecular formula is C12H10ClF2N3O. The molecule has 1 aromatic heterocycles. The first-order chi connectivity index (χ1) is 9.01. The quantitative estimate of drug-likeness (QED) is 0.939. The number of hydrogen-bond donors (Lipinski definition) is 1. The minimum absolute atomic E-state index is 0.0119. The summed E-state index contributed by atoms with van der Waals surface area (Å²) in [6, 6.07) is 1.61. The molecule has 0 spiro atoms. The molecule has 2 N–H and O–H groups in total. The maximum absolute atomic E-state index is 13.5. The molecule has 0 aliphatic carbocycles. The molecule has 2 aromatic rings. The number of aromatic nitrogens is 2. The van der Waals surface area contributed by atoms with Crippen LogP contribution in [0.5, 0.6) is 11.6 Å². The Morgan fingerprint density at radius 1 is 1.37 bits per heavy atom. The first kappa shape index (κ1) is 13.5. The van der Waals surface area contributed by atoms with Crippen LogP contribution in [0.15, 0.2) is 18.3 Å². The van der Waals surface area contributed by atoms with Gasteiger partial charge in [0.15, 0.2) is 11.6 Å². The van der Waals surface area contributed by atoms with Crippen LogP contribution in [0.2, 0.25) is 5.02 Å². The van der Waals surface area contributed by atoms with Crippen LogP contribution in [-0.4, -0.2) is 9.97 Å². The van der Waals surface area contributed by atoms with Crippen molar-refractivity contribution in [2.45, 2.75) is 13.3 Å². The Kier molecular flexibility index (Phi) is 3.80. The topological polar surface area (TPSA) is 61.0 Å². The molecule has 0 radical (unpaired) electrons. The maximum Gasteiger partial charge on any atom is 0.240 e. The molecule has 0 unspecified atom stereocenters. The zero-order valence-corrected chi connectivity index (χ0v) is 10.7. The summed E-state index contributed by atoms with van der Waals surface area (Å²) in [7, 11) is 0. The Labute approximate surface area is 113 Å². The highest BCUT2D eigenvalue weighted by molar-refractivity contribution is 6.32. The van der Waals surface area contributed by atoms with Crippen molar-refractivity contribution in [3.05, 3.63) is 40.7 Å². The number of ether oxygens (including phenoxy) is 1. The Bertz CT molecular complexity index is 599. The van der Waals surface area contributed by atoms with Crippen molar-refractivity contribution in [2.24, 2.45) is 0 Å². The van der Waals surface area contributed by atoms with Crippen molar-refractivity contribution < 1.29 is 13.5 Å². The largest absolute Gasteiger partial charge is 0.433 e. The lowest BCUT2D eigenvalue weighted by atomic mass is 10.3. The molecule has 0 saturated carbocycles. The van der Waals surface area contributed by atoms with Gasteiger partial charge in [0.2, 0.25) is 5.88 Å². The van der Waals surface area contributed by atoms with Gasteiger partial charge in [-0.15, -0.1) is 0 Å². The Morgan fingerprint density at radius 3 is 2.68 bits per heavy atom. The molecule has 19 heavy (non-hydrogen) atoms. The third-order valence-corrected chi connectivity index (χ3v) is 2.64. The van der Waals surface area contributed by atoms with Crippen LogP contribution in [0.3, 0.4) is 0 Å². The van der Waals surface area contributed by atoms with Crippen LogP contribution in [0.4, 0.5) is 14.6 Å². The van der Waals surface area contributed by atoms with E-state index in [2.05, 4.69) is 9.97 Å². The summed E-state index contributed by atoms with van der Waals surface area (Å²) in [6.45, 7) is 1.87. The van der Waals surface area contributed by atoms with Gasteiger partial charge in [-0.25, -0.2) is 8.78 Å². The molecule has 100 valence electrons. The summed E-state index contributed by atoms with van der Waals surface area (Å²) < 4.78 is 31.5. The van der Waals surface area contributed by atoms with Gasteiger partial charge in [-0.1, -0.05) is 18.5 Å². The molecule has 0 aliphatic rings. The molecule has 0 bridgehead atoms. The number of halogens is 3.